The van der Waals surface area contributed by atoms with Gasteiger partial charge in [0.25, 0.3) is 0 Å². The quantitative estimate of drug-likeness (QED) is 0.657. The Morgan fingerprint density at radius 3 is 2.22 bits per heavy atom. The van der Waals surface area contributed by atoms with E-state index in [0.717, 1.165) is 12.8 Å². The third-order valence-corrected chi connectivity index (χ3v) is 2.78. The summed E-state index contributed by atoms with van der Waals surface area (Å²) in [6.45, 7) is 8.58. The van der Waals surface area contributed by atoms with Crippen LogP contribution in [0.4, 0.5) is 0 Å². The van der Waals surface area contributed by atoms with Crippen molar-refractivity contribution in [1.29, 1.82) is 0 Å². The van der Waals surface area contributed by atoms with Crippen LogP contribution in [0.5, 0.6) is 0 Å². The second-order valence-corrected chi connectivity index (χ2v) is 6.17. The van der Waals surface area contributed by atoms with Gasteiger partial charge in [-0.15, -0.1) is 0 Å². The zero-order valence-corrected chi connectivity index (χ0v) is 12.1. The molecular formula is C14H27NO3. The Morgan fingerprint density at radius 1 is 1.17 bits per heavy atom. The van der Waals surface area contributed by atoms with E-state index in [4.69, 9.17) is 5.11 Å². The van der Waals surface area contributed by atoms with Crippen LogP contribution in [-0.2, 0) is 9.59 Å². The summed E-state index contributed by atoms with van der Waals surface area (Å²) >= 11 is 0. The van der Waals surface area contributed by atoms with E-state index in [1.807, 2.05) is 6.92 Å². The van der Waals surface area contributed by atoms with E-state index in [0.29, 0.717) is 24.7 Å². The minimum absolute atomic E-state index is 0.0294. The van der Waals surface area contributed by atoms with Crippen LogP contribution in [0.3, 0.4) is 0 Å². The zero-order chi connectivity index (χ0) is 14.2. The second kappa shape index (κ2) is 8.11. The summed E-state index contributed by atoms with van der Waals surface area (Å²) in [6, 6.07) is 0.191. The van der Waals surface area contributed by atoms with Gasteiger partial charge < -0.3 is 10.4 Å². The summed E-state index contributed by atoms with van der Waals surface area (Å²) in [7, 11) is 0. The number of aliphatic carboxylic acids is 1. The number of carboxylic acid groups (broad SMARTS) is 1. The average Bonchev–Trinajstić information content (AvgIpc) is 2.20. The largest absolute Gasteiger partial charge is 0.481 e. The maximum Gasteiger partial charge on any atom is 0.303 e. The maximum atomic E-state index is 11.6. The Balaban J connectivity index is 3.64. The van der Waals surface area contributed by atoms with Crippen LogP contribution in [-0.4, -0.2) is 23.0 Å². The van der Waals surface area contributed by atoms with Crippen molar-refractivity contribution in [2.45, 2.75) is 72.3 Å². The molecule has 1 atom stereocenters. The Morgan fingerprint density at radius 2 is 1.72 bits per heavy atom. The summed E-state index contributed by atoms with van der Waals surface area (Å²) in [5.74, 6) is -0.768. The molecule has 0 saturated carbocycles. The van der Waals surface area contributed by atoms with E-state index in [-0.39, 0.29) is 18.4 Å². The fourth-order valence-electron chi connectivity index (χ4n) is 1.63. The molecule has 0 rings (SSSR count). The van der Waals surface area contributed by atoms with Crippen molar-refractivity contribution < 1.29 is 14.7 Å². The second-order valence-electron chi connectivity index (χ2n) is 6.17. The van der Waals surface area contributed by atoms with Crippen LogP contribution in [0.25, 0.3) is 0 Å². The highest BCUT2D eigenvalue weighted by atomic mass is 16.4. The van der Waals surface area contributed by atoms with Crippen LogP contribution >= 0.6 is 0 Å². The van der Waals surface area contributed by atoms with Crippen molar-refractivity contribution in [1.82, 2.24) is 5.32 Å². The van der Waals surface area contributed by atoms with Crippen molar-refractivity contribution in [2.75, 3.05) is 0 Å². The summed E-state index contributed by atoms with van der Waals surface area (Å²) < 4.78 is 0. The molecule has 0 heterocycles. The summed E-state index contributed by atoms with van der Waals surface area (Å²) in [4.78, 5) is 21.9. The van der Waals surface area contributed by atoms with Crippen LogP contribution < -0.4 is 5.32 Å². The molecule has 1 amide bonds. The number of unbranched alkanes of at least 4 members (excludes halogenated alkanes) is 1. The molecule has 4 nitrogen and oxygen atoms in total. The van der Waals surface area contributed by atoms with Gasteiger partial charge in [-0.25, -0.2) is 0 Å². The number of hydrogen-bond donors (Lipinski definition) is 2. The fourth-order valence-corrected chi connectivity index (χ4v) is 1.63. The minimum atomic E-state index is -0.797. The van der Waals surface area contributed by atoms with E-state index in [1.54, 1.807) is 0 Å². The van der Waals surface area contributed by atoms with Gasteiger partial charge in [-0.05, 0) is 38.0 Å². The van der Waals surface area contributed by atoms with Gasteiger partial charge in [-0.2, -0.15) is 0 Å². The normalized spacial score (nSPS) is 13.1. The molecule has 0 aromatic carbocycles. The molecule has 0 spiro atoms. The highest BCUT2D eigenvalue weighted by Gasteiger charge is 2.13. The van der Waals surface area contributed by atoms with Crippen molar-refractivity contribution in [3.8, 4) is 0 Å². The van der Waals surface area contributed by atoms with Gasteiger partial charge in [0.2, 0.25) is 5.91 Å². The Hall–Kier alpha value is -1.06. The first-order valence-electron chi connectivity index (χ1n) is 6.72. The fraction of sp³-hybridized carbons (Fsp3) is 0.857. The first kappa shape index (κ1) is 16.9. The summed E-state index contributed by atoms with van der Waals surface area (Å²) in [6.07, 6.45) is 3.83. The number of nitrogens with one attached hydrogen (secondary N) is 1. The van der Waals surface area contributed by atoms with Gasteiger partial charge in [0, 0.05) is 18.9 Å². The van der Waals surface area contributed by atoms with Crippen molar-refractivity contribution in [2.24, 2.45) is 5.41 Å². The van der Waals surface area contributed by atoms with E-state index < -0.39 is 5.97 Å². The first-order valence-corrected chi connectivity index (χ1v) is 6.72. The molecule has 2 N–H and O–H groups in total. The van der Waals surface area contributed by atoms with E-state index >= 15 is 0 Å². The van der Waals surface area contributed by atoms with Crippen LogP contribution in [0.15, 0.2) is 0 Å². The molecule has 0 bridgehead atoms. The SMILES string of the molecule is CC(CCC(C)(C)C)NC(=O)CCCCC(=O)O. The Labute approximate surface area is 110 Å². The molecular weight excluding hydrogens is 230 g/mol. The van der Waals surface area contributed by atoms with Gasteiger partial charge in [0.15, 0.2) is 0 Å². The maximum absolute atomic E-state index is 11.6. The lowest BCUT2D eigenvalue weighted by Crippen LogP contribution is -2.33. The number of carbonyl (C=O) groups excluding carboxylic acids is 1. The highest BCUT2D eigenvalue weighted by Crippen LogP contribution is 2.21. The predicted molar refractivity (Wildman–Crippen MR) is 72.4 cm³/mol. The Bertz CT molecular complexity index is 269. The van der Waals surface area contributed by atoms with Crippen molar-refractivity contribution in [3.63, 3.8) is 0 Å². The van der Waals surface area contributed by atoms with Crippen molar-refractivity contribution in [3.05, 3.63) is 0 Å². The smallest absolute Gasteiger partial charge is 0.303 e. The van der Waals surface area contributed by atoms with Gasteiger partial charge >= 0.3 is 5.97 Å². The van der Waals surface area contributed by atoms with Crippen LogP contribution in [0.2, 0.25) is 0 Å². The number of carbonyl (C=O) groups is 2. The topological polar surface area (TPSA) is 66.4 Å². The number of amides is 1. The summed E-state index contributed by atoms with van der Waals surface area (Å²) in [5.41, 5.74) is 0.292. The number of rotatable bonds is 8. The molecule has 0 saturated heterocycles. The molecule has 0 aliphatic carbocycles. The van der Waals surface area contributed by atoms with E-state index in [9.17, 15) is 9.59 Å². The lowest BCUT2D eigenvalue weighted by molar-refractivity contribution is -0.137. The average molecular weight is 257 g/mol. The summed E-state index contributed by atoms with van der Waals surface area (Å²) in [5, 5.41) is 11.4. The molecule has 106 valence electrons. The highest BCUT2D eigenvalue weighted by molar-refractivity contribution is 5.76. The van der Waals surface area contributed by atoms with Gasteiger partial charge in [0.05, 0.1) is 0 Å². The third kappa shape index (κ3) is 11.4. The lowest BCUT2D eigenvalue weighted by atomic mass is 9.89. The third-order valence-electron chi connectivity index (χ3n) is 2.78. The molecule has 0 aliphatic heterocycles. The molecule has 1 unspecified atom stereocenters. The molecule has 0 fully saturated rings. The van der Waals surface area contributed by atoms with E-state index in [2.05, 4.69) is 26.1 Å². The Kier molecular flexibility index (Phi) is 7.64. The van der Waals surface area contributed by atoms with Gasteiger partial charge in [-0.3, -0.25) is 9.59 Å². The molecule has 0 aromatic rings. The number of carboxylic acids is 1. The predicted octanol–water partition coefficient (Wildman–Crippen LogP) is 2.96. The molecule has 0 aromatic heterocycles. The van der Waals surface area contributed by atoms with Crippen LogP contribution in [0.1, 0.15) is 66.2 Å². The monoisotopic (exact) mass is 257 g/mol. The van der Waals surface area contributed by atoms with Gasteiger partial charge in [0.1, 0.15) is 0 Å². The van der Waals surface area contributed by atoms with Gasteiger partial charge in [-0.1, -0.05) is 20.8 Å². The molecule has 0 radical (unpaired) electrons. The lowest BCUT2D eigenvalue weighted by Gasteiger charge is -2.21. The molecule has 18 heavy (non-hydrogen) atoms. The standard InChI is InChI=1S/C14H27NO3/c1-11(9-10-14(2,3)4)15-12(16)7-5-6-8-13(17)18/h11H,5-10H2,1-4H3,(H,15,16)(H,17,18). The zero-order valence-electron chi connectivity index (χ0n) is 12.1. The van der Waals surface area contributed by atoms with Crippen LogP contribution in [0, 0.1) is 5.41 Å². The van der Waals surface area contributed by atoms with Crippen molar-refractivity contribution >= 4 is 11.9 Å². The van der Waals surface area contributed by atoms with E-state index in [1.165, 1.54) is 0 Å². The molecule has 4 heteroatoms. The molecule has 0 aliphatic rings. The number of hydrogen-bond acceptors (Lipinski definition) is 2. The first-order chi connectivity index (χ1) is 8.20. The minimum Gasteiger partial charge on any atom is -0.481 e.